The Labute approximate surface area is 207 Å². The number of anilines is 1. The highest BCUT2D eigenvalue weighted by Gasteiger charge is 2.28. The first-order chi connectivity index (χ1) is 17.2. The summed E-state index contributed by atoms with van der Waals surface area (Å²) >= 11 is 1.46. The van der Waals surface area contributed by atoms with E-state index in [9.17, 15) is 4.79 Å². The fourth-order valence-electron chi connectivity index (χ4n) is 4.95. The van der Waals surface area contributed by atoms with Crippen LogP contribution in [0.15, 0.2) is 54.9 Å². The summed E-state index contributed by atoms with van der Waals surface area (Å²) in [6.45, 7) is 4.37. The third-order valence-corrected chi connectivity index (χ3v) is 7.99. The number of piperidine rings is 1. The minimum Gasteiger partial charge on any atom is -0.454 e. The van der Waals surface area contributed by atoms with Gasteiger partial charge in [0.25, 0.3) is 5.91 Å². The van der Waals surface area contributed by atoms with Crippen molar-refractivity contribution < 1.29 is 14.3 Å². The first kappa shape index (κ1) is 21.9. The zero-order valence-corrected chi connectivity index (χ0v) is 20.3. The molecule has 2 aliphatic heterocycles. The van der Waals surface area contributed by atoms with Crippen molar-refractivity contribution in [2.45, 2.75) is 32.2 Å². The van der Waals surface area contributed by atoms with Gasteiger partial charge >= 0.3 is 0 Å². The van der Waals surface area contributed by atoms with Gasteiger partial charge in [-0.25, -0.2) is 9.97 Å². The summed E-state index contributed by atoms with van der Waals surface area (Å²) in [6, 6.07) is 16.4. The van der Waals surface area contributed by atoms with Crippen molar-refractivity contribution >= 4 is 33.3 Å². The van der Waals surface area contributed by atoms with E-state index in [2.05, 4.69) is 39.6 Å². The van der Waals surface area contributed by atoms with Gasteiger partial charge in [-0.2, -0.15) is 0 Å². The van der Waals surface area contributed by atoms with E-state index in [0.29, 0.717) is 12.5 Å². The Morgan fingerprint density at radius 1 is 1.14 bits per heavy atom. The van der Waals surface area contributed by atoms with Gasteiger partial charge in [0.2, 0.25) is 6.79 Å². The van der Waals surface area contributed by atoms with E-state index in [1.165, 1.54) is 16.9 Å². The highest BCUT2D eigenvalue weighted by Crippen LogP contribution is 2.36. The number of thiophene rings is 1. The summed E-state index contributed by atoms with van der Waals surface area (Å²) in [5, 5.41) is 4.35. The summed E-state index contributed by atoms with van der Waals surface area (Å²) in [7, 11) is 0. The van der Waals surface area contributed by atoms with Crippen LogP contribution in [-0.2, 0) is 6.54 Å². The maximum Gasteiger partial charge on any atom is 0.264 e. The fraction of sp³-hybridized carbons (Fsp3) is 0.296. The molecule has 7 nitrogen and oxygen atoms in total. The summed E-state index contributed by atoms with van der Waals surface area (Å²) in [5.74, 6) is 2.73. The molecule has 0 aliphatic carbocycles. The number of nitrogens with one attached hydrogen (secondary N) is 1. The number of carbonyl (C=O) groups is 1. The smallest absolute Gasteiger partial charge is 0.264 e. The van der Waals surface area contributed by atoms with Crippen LogP contribution in [0.1, 0.15) is 45.1 Å². The standard InChI is InChI=1S/C27H26N4O3S/c1-17-23-25(28-13-18-9-10-21-22(12-18)34-16-33-21)29-15-30-26(23)35-24(17)27(32)31-11-5-8-20(14-31)19-6-3-2-4-7-19/h2-4,6-7,9-10,12,15,20H,5,8,11,13-14,16H2,1H3,(H,28,29,30). The Hall–Kier alpha value is -3.65. The number of nitrogens with zero attached hydrogens (tertiary/aromatic N) is 3. The molecule has 1 unspecified atom stereocenters. The summed E-state index contributed by atoms with van der Waals surface area (Å²) < 4.78 is 10.9. The summed E-state index contributed by atoms with van der Waals surface area (Å²) in [6.07, 6.45) is 3.68. The molecular formula is C27H26N4O3S. The van der Waals surface area contributed by atoms with Gasteiger partial charge < -0.3 is 19.7 Å². The molecule has 1 N–H and O–H groups in total. The van der Waals surface area contributed by atoms with Crippen LogP contribution in [0.5, 0.6) is 11.5 Å². The Bertz CT molecular complexity index is 1390. The van der Waals surface area contributed by atoms with Crippen LogP contribution in [0.2, 0.25) is 0 Å². The van der Waals surface area contributed by atoms with Crippen molar-refractivity contribution in [3.05, 3.63) is 76.4 Å². The Kier molecular flexibility index (Phi) is 5.74. The molecule has 6 rings (SSSR count). The molecule has 0 radical (unpaired) electrons. The zero-order valence-electron chi connectivity index (χ0n) is 19.5. The molecule has 1 saturated heterocycles. The van der Waals surface area contributed by atoms with Gasteiger partial charge in [-0.3, -0.25) is 4.79 Å². The molecule has 1 amide bonds. The largest absolute Gasteiger partial charge is 0.454 e. The van der Waals surface area contributed by atoms with Gasteiger partial charge in [-0.15, -0.1) is 11.3 Å². The van der Waals surface area contributed by atoms with Crippen molar-refractivity contribution in [1.82, 2.24) is 14.9 Å². The molecule has 1 atom stereocenters. The number of likely N-dealkylation sites (tertiary alicyclic amines) is 1. The lowest BCUT2D eigenvalue weighted by Gasteiger charge is -2.33. The summed E-state index contributed by atoms with van der Waals surface area (Å²) in [5.41, 5.74) is 3.30. The number of benzene rings is 2. The predicted octanol–water partition coefficient (Wildman–Crippen LogP) is 5.36. The highest BCUT2D eigenvalue weighted by atomic mass is 32.1. The lowest BCUT2D eigenvalue weighted by atomic mass is 9.90. The van der Waals surface area contributed by atoms with E-state index in [1.807, 2.05) is 36.1 Å². The van der Waals surface area contributed by atoms with Crippen molar-refractivity contribution in [3.63, 3.8) is 0 Å². The SMILES string of the molecule is Cc1c(C(=O)N2CCCC(c3ccccc3)C2)sc2ncnc(NCc3ccc4c(c3)OCO4)c12. The van der Waals surface area contributed by atoms with Crippen molar-refractivity contribution in [1.29, 1.82) is 0 Å². The number of fused-ring (bicyclic) bond motifs is 2. The summed E-state index contributed by atoms with van der Waals surface area (Å²) in [4.78, 5) is 26.2. The molecule has 4 heterocycles. The second-order valence-corrected chi connectivity index (χ2v) is 10.00. The van der Waals surface area contributed by atoms with Crippen molar-refractivity contribution in [2.75, 3.05) is 25.2 Å². The lowest BCUT2D eigenvalue weighted by Crippen LogP contribution is -2.39. The molecular weight excluding hydrogens is 460 g/mol. The second kappa shape index (κ2) is 9.19. The molecule has 2 aromatic heterocycles. The normalized spacial score (nSPS) is 17.1. The number of aryl methyl sites for hydroxylation is 1. The molecule has 0 saturated carbocycles. The maximum atomic E-state index is 13.6. The molecule has 0 spiro atoms. The molecule has 2 aliphatic rings. The van der Waals surface area contributed by atoms with Crippen molar-refractivity contribution in [2.24, 2.45) is 0 Å². The van der Waals surface area contributed by atoms with Crippen LogP contribution < -0.4 is 14.8 Å². The van der Waals surface area contributed by atoms with Crippen LogP contribution in [-0.4, -0.2) is 40.7 Å². The average molecular weight is 487 g/mol. The first-order valence-electron chi connectivity index (χ1n) is 11.9. The quantitative estimate of drug-likeness (QED) is 0.409. The monoisotopic (exact) mass is 486 g/mol. The number of ether oxygens (including phenoxy) is 2. The van der Waals surface area contributed by atoms with E-state index in [0.717, 1.165) is 69.5 Å². The van der Waals surface area contributed by atoms with Gasteiger partial charge in [0.15, 0.2) is 11.5 Å². The zero-order chi connectivity index (χ0) is 23.8. The molecule has 178 valence electrons. The van der Waals surface area contributed by atoms with Crippen LogP contribution in [0.3, 0.4) is 0 Å². The Morgan fingerprint density at radius 3 is 2.89 bits per heavy atom. The minimum absolute atomic E-state index is 0.0906. The van der Waals surface area contributed by atoms with Gasteiger partial charge in [0.1, 0.15) is 17.0 Å². The van der Waals surface area contributed by atoms with E-state index >= 15 is 0 Å². The predicted molar refractivity (Wildman–Crippen MR) is 136 cm³/mol. The van der Waals surface area contributed by atoms with Gasteiger partial charge in [-0.1, -0.05) is 36.4 Å². The van der Waals surface area contributed by atoms with E-state index in [4.69, 9.17) is 9.47 Å². The van der Waals surface area contributed by atoms with Gasteiger partial charge in [-0.05, 0) is 48.6 Å². The Morgan fingerprint density at radius 2 is 2.00 bits per heavy atom. The maximum absolute atomic E-state index is 13.6. The number of carbonyl (C=O) groups excluding carboxylic acids is 1. The lowest BCUT2D eigenvalue weighted by molar-refractivity contribution is 0.0711. The number of amides is 1. The number of hydrogen-bond acceptors (Lipinski definition) is 7. The van der Waals surface area contributed by atoms with E-state index in [-0.39, 0.29) is 12.7 Å². The third-order valence-electron chi connectivity index (χ3n) is 6.80. The minimum atomic E-state index is 0.0906. The van der Waals surface area contributed by atoms with Gasteiger partial charge in [0.05, 0.1) is 10.3 Å². The van der Waals surface area contributed by atoms with Crippen LogP contribution in [0, 0.1) is 6.92 Å². The number of aromatic nitrogens is 2. The van der Waals surface area contributed by atoms with Crippen LogP contribution >= 0.6 is 11.3 Å². The molecule has 4 aromatic rings. The molecule has 2 aromatic carbocycles. The second-order valence-electron chi connectivity index (χ2n) is 9.00. The highest BCUT2D eigenvalue weighted by molar-refractivity contribution is 7.20. The molecule has 1 fully saturated rings. The van der Waals surface area contributed by atoms with Crippen LogP contribution in [0.4, 0.5) is 5.82 Å². The number of hydrogen-bond donors (Lipinski definition) is 1. The van der Waals surface area contributed by atoms with Gasteiger partial charge in [0, 0.05) is 25.6 Å². The molecule has 35 heavy (non-hydrogen) atoms. The molecule has 0 bridgehead atoms. The Balaban J connectivity index is 1.23. The van der Waals surface area contributed by atoms with Crippen LogP contribution in [0.25, 0.3) is 10.2 Å². The first-order valence-corrected chi connectivity index (χ1v) is 12.7. The number of rotatable bonds is 5. The van der Waals surface area contributed by atoms with E-state index in [1.54, 1.807) is 6.33 Å². The van der Waals surface area contributed by atoms with Crippen molar-refractivity contribution in [3.8, 4) is 11.5 Å². The molecule has 8 heteroatoms. The van der Waals surface area contributed by atoms with E-state index < -0.39 is 0 Å². The third kappa shape index (κ3) is 4.18. The fourth-order valence-corrected chi connectivity index (χ4v) is 6.07. The average Bonchev–Trinajstić information content (AvgIpc) is 3.52. The topological polar surface area (TPSA) is 76.6 Å².